The third kappa shape index (κ3) is 3.86. The van der Waals surface area contributed by atoms with Crippen molar-refractivity contribution in [1.82, 2.24) is 9.88 Å². The molecule has 1 heterocycles. The Morgan fingerprint density at radius 1 is 1.41 bits per heavy atom. The predicted molar refractivity (Wildman–Crippen MR) is 72.3 cm³/mol. The van der Waals surface area contributed by atoms with Crippen LogP contribution in [0.2, 0.25) is 0 Å². The number of aryl methyl sites for hydroxylation is 1. The number of nitrogens with zero attached hydrogens (tertiary/aromatic N) is 1. The number of rotatable bonds is 7. The number of nitrogens with one attached hydrogen (secondary N) is 1. The minimum Gasteiger partial charge on any atom is -0.383 e. The molecule has 1 atom stereocenters. The van der Waals surface area contributed by atoms with Crippen molar-refractivity contribution in [3.63, 3.8) is 0 Å². The fourth-order valence-corrected chi connectivity index (χ4v) is 2.16. The van der Waals surface area contributed by atoms with E-state index in [1.54, 1.807) is 7.11 Å². The average Bonchev–Trinajstić information content (AvgIpc) is 2.54. The van der Waals surface area contributed by atoms with Crippen LogP contribution in [0.1, 0.15) is 36.7 Å². The summed E-state index contributed by atoms with van der Waals surface area (Å²) >= 11 is 0. The summed E-state index contributed by atoms with van der Waals surface area (Å²) in [5.41, 5.74) is 4.06. The Morgan fingerprint density at radius 3 is 2.59 bits per heavy atom. The van der Waals surface area contributed by atoms with E-state index in [1.807, 2.05) is 0 Å². The normalized spacial score (nSPS) is 13.0. The first-order chi connectivity index (χ1) is 8.10. The van der Waals surface area contributed by atoms with Gasteiger partial charge in [0.1, 0.15) is 0 Å². The highest BCUT2D eigenvalue weighted by atomic mass is 16.5. The molecule has 1 N–H and O–H groups in total. The molecule has 3 nitrogen and oxygen atoms in total. The molecule has 1 aromatic rings. The van der Waals surface area contributed by atoms with Crippen LogP contribution in [0.25, 0.3) is 0 Å². The van der Waals surface area contributed by atoms with Crippen LogP contribution in [0.4, 0.5) is 0 Å². The number of hydrogen-bond acceptors (Lipinski definition) is 2. The van der Waals surface area contributed by atoms with Crippen molar-refractivity contribution in [1.29, 1.82) is 0 Å². The lowest BCUT2D eigenvalue weighted by molar-refractivity contribution is 0.161. The van der Waals surface area contributed by atoms with E-state index in [4.69, 9.17) is 4.74 Å². The first-order valence-electron chi connectivity index (χ1n) is 6.44. The second-order valence-corrected chi connectivity index (χ2v) is 4.78. The van der Waals surface area contributed by atoms with Crippen molar-refractivity contribution in [3.8, 4) is 0 Å². The molecule has 0 bridgehead atoms. The molecule has 0 aliphatic rings. The van der Waals surface area contributed by atoms with Crippen LogP contribution < -0.4 is 5.32 Å². The number of aromatic nitrogens is 1. The fourth-order valence-electron chi connectivity index (χ4n) is 2.16. The third-order valence-corrected chi connectivity index (χ3v) is 3.47. The second kappa shape index (κ2) is 6.82. The molecule has 0 spiro atoms. The van der Waals surface area contributed by atoms with Crippen LogP contribution in [0.3, 0.4) is 0 Å². The molecule has 1 aromatic heterocycles. The first kappa shape index (κ1) is 14.3. The quantitative estimate of drug-likeness (QED) is 0.790. The minimum atomic E-state index is 0.463. The molecule has 0 radical (unpaired) electrons. The van der Waals surface area contributed by atoms with Gasteiger partial charge in [-0.1, -0.05) is 13.3 Å². The molecular formula is C14H26N2O. The Bertz CT molecular complexity index is 338. The molecule has 98 valence electrons. The van der Waals surface area contributed by atoms with Gasteiger partial charge in [0, 0.05) is 38.1 Å². The van der Waals surface area contributed by atoms with Gasteiger partial charge in [-0.05, 0) is 31.9 Å². The van der Waals surface area contributed by atoms with Crippen LogP contribution in [0.5, 0.6) is 0 Å². The number of ether oxygens (including phenoxy) is 1. The molecule has 1 rings (SSSR count). The summed E-state index contributed by atoms with van der Waals surface area (Å²) in [4.78, 5) is 0. The van der Waals surface area contributed by atoms with E-state index in [9.17, 15) is 0 Å². The summed E-state index contributed by atoms with van der Waals surface area (Å²) in [6.45, 7) is 8.26. The SMILES string of the molecule is CCCC(COC)NCc1cc(C)n(C)c1C. The molecule has 1 unspecified atom stereocenters. The Hall–Kier alpha value is -0.800. The van der Waals surface area contributed by atoms with Gasteiger partial charge in [-0.25, -0.2) is 0 Å². The van der Waals surface area contributed by atoms with Gasteiger partial charge in [-0.2, -0.15) is 0 Å². The molecule has 0 saturated heterocycles. The van der Waals surface area contributed by atoms with E-state index in [0.717, 1.165) is 13.2 Å². The number of hydrogen-bond donors (Lipinski definition) is 1. The van der Waals surface area contributed by atoms with Crippen molar-refractivity contribution >= 4 is 0 Å². The van der Waals surface area contributed by atoms with Gasteiger partial charge in [0.15, 0.2) is 0 Å². The smallest absolute Gasteiger partial charge is 0.0615 e. The van der Waals surface area contributed by atoms with Gasteiger partial charge < -0.3 is 14.6 Å². The van der Waals surface area contributed by atoms with Gasteiger partial charge in [-0.3, -0.25) is 0 Å². The highest BCUT2D eigenvalue weighted by Crippen LogP contribution is 2.13. The van der Waals surface area contributed by atoms with Crippen LogP contribution in [0.15, 0.2) is 6.07 Å². The number of methoxy groups -OCH3 is 1. The molecule has 0 amide bonds. The van der Waals surface area contributed by atoms with Gasteiger partial charge in [0.2, 0.25) is 0 Å². The average molecular weight is 238 g/mol. The Morgan fingerprint density at radius 2 is 2.12 bits per heavy atom. The third-order valence-electron chi connectivity index (χ3n) is 3.47. The maximum Gasteiger partial charge on any atom is 0.0615 e. The minimum absolute atomic E-state index is 0.463. The zero-order chi connectivity index (χ0) is 12.8. The Balaban J connectivity index is 2.55. The highest BCUT2D eigenvalue weighted by molar-refractivity contribution is 5.26. The second-order valence-electron chi connectivity index (χ2n) is 4.78. The molecule has 17 heavy (non-hydrogen) atoms. The van der Waals surface area contributed by atoms with Crippen LogP contribution >= 0.6 is 0 Å². The molecule has 0 saturated carbocycles. The van der Waals surface area contributed by atoms with Crippen molar-refractivity contribution in [3.05, 3.63) is 23.0 Å². The van der Waals surface area contributed by atoms with E-state index in [1.165, 1.54) is 29.8 Å². The van der Waals surface area contributed by atoms with Gasteiger partial charge >= 0.3 is 0 Å². The van der Waals surface area contributed by atoms with E-state index in [-0.39, 0.29) is 0 Å². The molecule has 0 aromatic carbocycles. The maximum atomic E-state index is 5.24. The van der Waals surface area contributed by atoms with Crippen LogP contribution in [-0.2, 0) is 18.3 Å². The van der Waals surface area contributed by atoms with Crippen molar-refractivity contribution in [2.75, 3.05) is 13.7 Å². The Labute approximate surface area is 105 Å². The van der Waals surface area contributed by atoms with Gasteiger partial charge in [0.25, 0.3) is 0 Å². The van der Waals surface area contributed by atoms with Crippen molar-refractivity contribution in [2.45, 2.75) is 46.2 Å². The summed E-state index contributed by atoms with van der Waals surface area (Å²) in [5.74, 6) is 0. The summed E-state index contributed by atoms with van der Waals surface area (Å²) in [6, 6.07) is 2.72. The molecular weight excluding hydrogens is 212 g/mol. The van der Waals surface area contributed by atoms with Gasteiger partial charge in [-0.15, -0.1) is 0 Å². The van der Waals surface area contributed by atoms with Crippen LogP contribution in [-0.4, -0.2) is 24.3 Å². The zero-order valence-electron chi connectivity index (χ0n) is 11.8. The van der Waals surface area contributed by atoms with E-state index in [2.05, 4.69) is 43.8 Å². The lowest BCUT2D eigenvalue weighted by atomic mass is 10.1. The lowest BCUT2D eigenvalue weighted by Crippen LogP contribution is -2.32. The topological polar surface area (TPSA) is 26.2 Å². The molecule has 0 fully saturated rings. The highest BCUT2D eigenvalue weighted by Gasteiger charge is 2.10. The molecule has 3 heteroatoms. The van der Waals surface area contributed by atoms with E-state index >= 15 is 0 Å². The molecule has 0 aliphatic carbocycles. The zero-order valence-corrected chi connectivity index (χ0v) is 11.8. The van der Waals surface area contributed by atoms with E-state index < -0.39 is 0 Å². The summed E-state index contributed by atoms with van der Waals surface area (Å²) in [6.07, 6.45) is 2.35. The maximum absolute atomic E-state index is 5.24. The largest absolute Gasteiger partial charge is 0.383 e. The summed E-state index contributed by atoms with van der Waals surface area (Å²) in [7, 11) is 3.88. The van der Waals surface area contributed by atoms with E-state index in [0.29, 0.717) is 6.04 Å². The molecule has 0 aliphatic heterocycles. The summed E-state index contributed by atoms with van der Waals surface area (Å²) < 4.78 is 7.47. The first-order valence-corrected chi connectivity index (χ1v) is 6.44. The van der Waals surface area contributed by atoms with Crippen LogP contribution in [0, 0.1) is 13.8 Å². The van der Waals surface area contributed by atoms with Crippen molar-refractivity contribution in [2.24, 2.45) is 7.05 Å². The lowest BCUT2D eigenvalue weighted by Gasteiger charge is -2.17. The Kier molecular flexibility index (Phi) is 5.72. The van der Waals surface area contributed by atoms with Crippen molar-refractivity contribution < 1.29 is 4.74 Å². The monoisotopic (exact) mass is 238 g/mol. The summed E-state index contributed by atoms with van der Waals surface area (Å²) in [5, 5.41) is 3.58. The standard InChI is InChI=1S/C14H26N2O/c1-6-7-14(10-17-5)15-9-13-8-11(2)16(4)12(13)3/h8,14-15H,6-7,9-10H2,1-5H3. The fraction of sp³-hybridized carbons (Fsp3) is 0.714. The van der Waals surface area contributed by atoms with Gasteiger partial charge in [0.05, 0.1) is 6.61 Å². The predicted octanol–water partition coefficient (Wildman–Crippen LogP) is 2.55.